The van der Waals surface area contributed by atoms with Crippen LogP contribution in [0.4, 0.5) is 5.69 Å². The first-order chi connectivity index (χ1) is 9.61. The molecule has 5 nitrogen and oxygen atoms in total. The van der Waals surface area contributed by atoms with Crippen LogP contribution in [0.5, 0.6) is 0 Å². The van der Waals surface area contributed by atoms with Gasteiger partial charge in [0, 0.05) is 24.7 Å². The second-order valence-corrected chi connectivity index (χ2v) is 5.64. The summed E-state index contributed by atoms with van der Waals surface area (Å²) in [5.74, 6) is 0.674. The Morgan fingerprint density at radius 2 is 2.30 bits per heavy atom. The van der Waals surface area contributed by atoms with Crippen molar-refractivity contribution in [2.45, 2.75) is 32.7 Å². The van der Waals surface area contributed by atoms with Gasteiger partial charge in [-0.15, -0.1) is 0 Å². The van der Waals surface area contributed by atoms with Crippen molar-refractivity contribution in [2.24, 2.45) is 11.7 Å². The molecule has 2 N–H and O–H groups in total. The van der Waals surface area contributed by atoms with E-state index in [0.717, 1.165) is 43.7 Å². The van der Waals surface area contributed by atoms with Crippen LogP contribution in [0, 0.1) is 23.0 Å². The van der Waals surface area contributed by atoms with Gasteiger partial charge in [0.05, 0.1) is 4.92 Å². The van der Waals surface area contributed by atoms with E-state index in [0.29, 0.717) is 5.92 Å². The van der Waals surface area contributed by atoms with Gasteiger partial charge in [0.2, 0.25) is 0 Å². The summed E-state index contributed by atoms with van der Waals surface area (Å²) < 4.78 is 0. The van der Waals surface area contributed by atoms with Crippen LogP contribution in [0.2, 0.25) is 0 Å². The molecule has 0 spiro atoms. The largest absolute Gasteiger partial charge is 0.330 e. The summed E-state index contributed by atoms with van der Waals surface area (Å²) in [5.41, 5.74) is 7.71. The number of nitrogens with zero attached hydrogens (tertiary/aromatic N) is 2. The molecule has 0 amide bonds. The van der Waals surface area contributed by atoms with Crippen LogP contribution in [-0.4, -0.2) is 29.5 Å². The van der Waals surface area contributed by atoms with Crippen molar-refractivity contribution in [1.82, 2.24) is 4.90 Å². The monoisotopic (exact) mass is 277 g/mol. The van der Waals surface area contributed by atoms with Gasteiger partial charge in [0.1, 0.15) is 0 Å². The Morgan fingerprint density at radius 3 is 3.00 bits per heavy atom. The van der Waals surface area contributed by atoms with Crippen LogP contribution in [-0.2, 0) is 6.54 Å². The fraction of sp³-hybridized carbons (Fsp3) is 0.600. The highest BCUT2D eigenvalue weighted by atomic mass is 16.6. The van der Waals surface area contributed by atoms with E-state index in [4.69, 9.17) is 5.73 Å². The summed E-state index contributed by atoms with van der Waals surface area (Å²) in [4.78, 5) is 13.1. The van der Waals surface area contributed by atoms with Gasteiger partial charge < -0.3 is 5.73 Å². The normalized spacial score (nSPS) is 20.0. The smallest absolute Gasteiger partial charge is 0.272 e. The molecule has 1 unspecified atom stereocenters. The van der Waals surface area contributed by atoms with Gasteiger partial charge in [-0.2, -0.15) is 0 Å². The average molecular weight is 277 g/mol. The van der Waals surface area contributed by atoms with Crippen LogP contribution >= 0.6 is 0 Å². The summed E-state index contributed by atoms with van der Waals surface area (Å²) in [6, 6.07) is 5.35. The molecule has 0 aliphatic carbocycles. The predicted octanol–water partition coefficient (Wildman–Crippen LogP) is 2.46. The van der Waals surface area contributed by atoms with Crippen molar-refractivity contribution < 1.29 is 4.92 Å². The van der Waals surface area contributed by atoms with E-state index in [1.54, 1.807) is 12.1 Å². The first kappa shape index (κ1) is 14.9. The molecule has 1 aromatic carbocycles. The second-order valence-electron chi connectivity index (χ2n) is 5.64. The van der Waals surface area contributed by atoms with Gasteiger partial charge >= 0.3 is 0 Å². The summed E-state index contributed by atoms with van der Waals surface area (Å²) in [6.45, 7) is 5.51. The van der Waals surface area contributed by atoms with E-state index in [1.165, 1.54) is 12.8 Å². The third-order valence-electron chi connectivity index (χ3n) is 4.19. The van der Waals surface area contributed by atoms with Crippen LogP contribution in [0.1, 0.15) is 30.4 Å². The molecule has 110 valence electrons. The summed E-state index contributed by atoms with van der Waals surface area (Å²) in [6.07, 6.45) is 3.52. The number of hydrogen-bond acceptors (Lipinski definition) is 4. The van der Waals surface area contributed by atoms with Gasteiger partial charge in [0.15, 0.2) is 0 Å². The Hall–Kier alpha value is -1.46. The lowest BCUT2D eigenvalue weighted by atomic mass is 9.94. The fourth-order valence-corrected chi connectivity index (χ4v) is 3.05. The highest BCUT2D eigenvalue weighted by Gasteiger charge is 2.21. The molecule has 0 aromatic heterocycles. The number of nitrogens with two attached hydrogens (primary N) is 1. The lowest BCUT2D eigenvalue weighted by molar-refractivity contribution is -0.385. The van der Waals surface area contributed by atoms with Crippen molar-refractivity contribution in [3.05, 3.63) is 39.4 Å². The Bertz CT molecular complexity index is 474. The molecule has 1 aromatic rings. The number of piperidine rings is 1. The van der Waals surface area contributed by atoms with Crippen LogP contribution in [0.25, 0.3) is 0 Å². The number of hydrogen-bond donors (Lipinski definition) is 1. The third kappa shape index (κ3) is 3.55. The Balaban J connectivity index is 2.06. The molecule has 2 rings (SSSR count). The SMILES string of the molecule is Cc1c(CN2CCCC(CCN)C2)cccc1[N+](=O)[O-]. The molecule has 0 saturated carbocycles. The molecular formula is C15H23N3O2. The first-order valence-corrected chi connectivity index (χ1v) is 7.27. The zero-order valence-electron chi connectivity index (χ0n) is 12.0. The zero-order valence-corrected chi connectivity index (χ0v) is 12.0. The van der Waals surface area contributed by atoms with Gasteiger partial charge in [-0.3, -0.25) is 15.0 Å². The van der Waals surface area contributed by atoms with Crippen molar-refractivity contribution in [1.29, 1.82) is 0 Å². The minimum absolute atomic E-state index is 0.220. The minimum Gasteiger partial charge on any atom is -0.330 e. The molecule has 1 heterocycles. The van der Waals surface area contributed by atoms with Gasteiger partial charge in [0.25, 0.3) is 5.69 Å². The number of nitro groups is 1. The molecule has 0 bridgehead atoms. The predicted molar refractivity (Wildman–Crippen MR) is 79.5 cm³/mol. The Kier molecular flexibility index (Phi) is 5.09. The summed E-state index contributed by atoms with van der Waals surface area (Å²) in [7, 11) is 0. The summed E-state index contributed by atoms with van der Waals surface area (Å²) in [5, 5.41) is 11.0. The minimum atomic E-state index is -0.299. The standard InChI is InChI=1S/C15H23N3O2/c1-12-14(5-2-6-15(12)18(19)20)11-17-9-3-4-13(10-17)7-8-16/h2,5-6,13H,3-4,7-11,16H2,1H3. The first-order valence-electron chi connectivity index (χ1n) is 7.27. The van der Waals surface area contributed by atoms with E-state index >= 15 is 0 Å². The maximum absolute atomic E-state index is 11.0. The van der Waals surface area contributed by atoms with Crippen molar-refractivity contribution in [3.8, 4) is 0 Å². The number of nitro benzene ring substituents is 1. The Morgan fingerprint density at radius 1 is 1.50 bits per heavy atom. The van der Waals surface area contributed by atoms with E-state index in [2.05, 4.69) is 4.90 Å². The van der Waals surface area contributed by atoms with E-state index in [-0.39, 0.29) is 10.6 Å². The third-order valence-corrected chi connectivity index (χ3v) is 4.19. The highest BCUT2D eigenvalue weighted by Crippen LogP contribution is 2.25. The molecule has 1 fully saturated rings. The van der Waals surface area contributed by atoms with Crippen LogP contribution in [0.15, 0.2) is 18.2 Å². The van der Waals surface area contributed by atoms with Gasteiger partial charge in [-0.1, -0.05) is 12.1 Å². The van der Waals surface area contributed by atoms with Crippen LogP contribution < -0.4 is 5.73 Å². The Labute approximate surface area is 119 Å². The van der Waals surface area contributed by atoms with Crippen molar-refractivity contribution >= 4 is 5.69 Å². The van der Waals surface area contributed by atoms with Gasteiger partial charge in [-0.25, -0.2) is 0 Å². The molecule has 0 radical (unpaired) electrons. The fourth-order valence-electron chi connectivity index (χ4n) is 3.05. The average Bonchev–Trinajstić information content (AvgIpc) is 2.42. The maximum atomic E-state index is 11.0. The number of rotatable bonds is 5. The molecule has 1 aliphatic rings. The van der Waals surface area contributed by atoms with E-state index < -0.39 is 0 Å². The van der Waals surface area contributed by atoms with Crippen LogP contribution in [0.3, 0.4) is 0 Å². The molecule has 1 aliphatic heterocycles. The molecule has 1 atom stereocenters. The van der Waals surface area contributed by atoms with Gasteiger partial charge in [-0.05, 0) is 50.8 Å². The number of likely N-dealkylation sites (tertiary alicyclic amines) is 1. The number of benzene rings is 1. The van der Waals surface area contributed by atoms with Crippen molar-refractivity contribution in [2.75, 3.05) is 19.6 Å². The zero-order chi connectivity index (χ0) is 14.5. The van der Waals surface area contributed by atoms with E-state index in [9.17, 15) is 10.1 Å². The molecule has 1 saturated heterocycles. The molecule has 20 heavy (non-hydrogen) atoms. The summed E-state index contributed by atoms with van der Waals surface area (Å²) >= 11 is 0. The topological polar surface area (TPSA) is 72.4 Å². The molecule has 5 heteroatoms. The van der Waals surface area contributed by atoms with Crippen molar-refractivity contribution in [3.63, 3.8) is 0 Å². The lowest BCUT2D eigenvalue weighted by Gasteiger charge is -2.32. The second kappa shape index (κ2) is 6.81. The molecular weight excluding hydrogens is 254 g/mol. The lowest BCUT2D eigenvalue weighted by Crippen LogP contribution is -2.35. The van der Waals surface area contributed by atoms with E-state index in [1.807, 2.05) is 13.0 Å². The highest BCUT2D eigenvalue weighted by molar-refractivity contribution is 5.44. The quantitative estimate of drug-likeness (QED) is 0.663. The maximum Gasteiger partial charge on any atom is 0.272 e.